The predicted molar refractivity (Wildman–Crippen MR) is 83.5 cm³/mol. The summed E-state index contributed by atoms with van der Waals surface area (Å²) >= 11 is 0. The Labute approximate surface area is 126 Å². The van der Waals surface area contributed by atoms with Crippen LogP contribution >= 0.6 is 0 Å². The summed E-state index contributed by atoms with van der Waals surface area (Å²) in [4.78, 5) is 22.7. The van der Waals surface area contributed by atoms with E-state index in [9.17, 15) is 9.59 Å². The Morgan fingerprint density at radius 2 is 1.76 bits per heavy atom. The van der Waals surface area contributed by atoms with Crippen LogP contribution in [-0.2, 0) is 4.79 Å². The van der Waals surface area contributed by atoms with Crippen LogP contribution in [0.1, 0.15) is 54.1 Å². The third-order valence-electron chi connectivity index (χ3n) is 3.67. The molecule has 2 N–H and O–H groups in total. The molecule has 4 nitrogen and oxygen atoms in total. The maximum Gasteiger partial charge on any atom is 0.303 e. The third kappa shape index (κ3) is 6.43. The Morgan fingerprint density at radius 3 is 2.29 bits per heavy atom. The van der Waals surface area contributed by atoms with Gasteiger partial charge in [-0.2, -0.15) is 0 Å². The van der Waals surface area contributed by atoms with Gasteiger partial charge in [0, 0.05) is 18.5 Å². The van der Waals surface area contributed by atoms with Crippen LogP contribution in [0.25, 0.3) is 0 Å². The molecule has 1 aromatic rings. The van der Waals surface area contributed by atoms with E-state index in [1.165, 1.54) is 0 Å². The molecule has 0 aliphatic rings. The van der Waals surface area contributed by atoms with Gasteiger partial charge in [0.05, 0.1) is 0 Å². The molecule has 0 spiro atoms. The van der Waals surface area contributed by atoms with E-state index < -0.39 is 5.97 Å². The minimum absolute atomic E-state index is 0.0603. The topological polar surface area (TPSA) is 66.4 Å². The maximum absolute atomic E-state index is 12.1. The van der Waals surface area contributed by atoms with E-state index in [1.54, 1.807) is 0 Å². The first-order valence-corrected chi connectivity index (χ1v) is 7.50. The Hall–Kier alpha value is -1.84. The zero-order valence-corrected chi connectivity index (χ0v) is 13.1. The smallest absolute Gasteiger partial charge is 0.303 e. The summed E-state index contributed by atoms with van der Waals surface area (Å²) in [6, 6.07) is 5.80. The first kappa shape index (κ1) is 17.2. The molecule has 0 aliphatic heterocycles. The highest BCUT2D eigenvalue weighted by atomic mass is 16.4. The third-order valence-corrected chi connectivity index (χ3v) is 3.67. The van der Waals surface area contributed by atoms with Gasteiger partial charge in [-0.15, -0.1) is 0 Å². The quantitative estimate of drug-likeness (QED) is 0.772. The van der Waals surface area contributed by atoms with Crippen LogP contribution in [0.3, 0.4) is 0 Å². The van der Waals surface area contributed by atoms with E-state index in [0.717, 1.165) is 24.0 Å². The largest absolute Gasteiger partial charge is 0.481 e. The molecular weight excluding hydrogens is 266 g/mol. The average Bonchev–Trinajstić information content (AvgIpc) is 2.41. The molecule has 0 heterocycles. The number of aliphatic carboxylic acids is 1. The van der Waals surface area contributed by atoms with E-state index in [1.807, 2.05) is 32.0 Å². The lowest BCUT2D eigenvalue weighted by atomic mass is 9.96. The van der Waals surface area contributed by atoms with Crippen molar-refractivity contribution in [2.24, 2.45) is 5.92 Å². The molecule has 0 fully saturated rings. The Kier molecular flexibility index (Phi) is 6.92. The molecule has 116 valence electrons. The van der Waals surface area contributed by atoms with Crippen LogP contribution in [-0.4, -0.2) is 23.5 Å². The van der Waals surface area contributed by atoms with Crippen LogP contribution < -0.4 is 5.32 Å². The zero-order chi connectivity index (χ0) is 15.8. The van der Waals surface area contributed by atoms with Gasteiger partial charge in [-0.25, -0.2) is 0 Å². The highest BCUT2D eigenvalue weighted by Crippen LogP contribution is 2.15. The number of carboxylic acids is 1. The lowest BCUT2D eigenvalue weighted by Crippen LogP contribution is -2.26. The number of rotatable bonds is 8. The molecule has 1 atom stereocenters. The lowest BCUT2D eigenvalue weighted by Gasteiger charge is -2.14. The van der Waals surface area contributed by atoms with Crippen molar-refractivity contribution in [1.82, 2.24) is 5.32 Å². The molecule has 1 amide bonds. The van der Waals surface area contributed by atoms with Crippen LogP contribution in [0.4, 0.5) is 0 Å². The predicted octanol–water partition coefficient (Wildman–Crippen LogP) is 3.31. The fourth-order valence-electron chi connectivity index (χ4n) is 2.48. The number of carboxylic acid groups (broad SMARTS) is 1. The molecule has 0 aromatic heterocycles. The second-order valence-electron chi connectivity index (χ2n) is 5.63. The van der Waals surface area contributed by atoms with Crippen LogP contribution in [0.15, 0.2) is 18.2 Å². The molecule has 1 aromatic carbocycles. The van der Waals surface area contributed by atoms with Gasteiger partial charge in [-0.3, -0.25) is 9.59 Å². The number of benzene rings is 1. The number of hydrogen-bond acceptors (Lipinski definition) is 2. The second kappa shape index (κ2) is 8.45. The van der Waals surface area contributed by atoms with Crippen molar-refractivity contribution >= 4 is 11.9 Å². The van der Waals surface area contributed by atoms with E-state index in [0.29, 0.717) is 24.4 Å². The van der Waals surface area contributed by atoms with Gasteiger partial charge in [0.25, 0.3) is 5.91 Å². The molecule has 1 unspecified atom stereocenters. The summed E-state index contributed by atoms with van der Waals surface area (Å²) < 4.78 is 0. The number of carbonyl (C=O) groups excluding carboxylic acids is 1. The minimum Gasteiger partial charge on any atom is -0.481 e. The van der Waals surface area contributed by atoms with Gasteiger partial charge in [-0.05, 0) is 44.7 Å². The molecule has 1 rings (SSSR count). The number of nitrogens with one attached hydrogen (secondary N) is 1. The standard InChI is InChI=1S/C17H25NO3/c1-4-14(5-6-16(19)20)7-8-18-17(21)15-10-12(2)9-13(3)11-15/h9-11,14H,4-8H2,1-3H3,(H,18,21)(H,19,20). The Bertz CT molecular complexity index is 477. The van der Waals surface area contributed by atoms with E-state index in [-0.39, 0.29) is 12.3 Å². The second-order valence-corrected chi connectivity index (χ2v) is 5.63. The van der Waals surface area contributed by atoms with Crippen molar-refractivity contribution in [2.75, 3.05) is 6.54 Å². The van der Waals surface area contributed by atoms with E-state index >= 15 is 0 Å². The number of amides is 1. The van der Waals surface area contributed by atoms with Gasteiger partial charge in [0.2, 0.25) is 0 Å². The van der Waals surface area contributed by atoms with Crippen molar-refractivity contribution < 1.29 is 14.7 Å². The lowest BCUT2D eigenvalue weighted by molar-refractivity contribution is -0.137. The van der Waals surface area contributed by atoms with E-state index in [2.05, 4.69) is 12.2 Å². The van der Waals surface area contributed by atoms with Gasteiger partial charge >= 0.3 is 5.97 Å². The van der Waals surface area contributed by atoms with Crippen molar-refractivity contribution in [3.63, 3.8) is 0 Å². The molecule has 0 radical (unpaired) electrons. The van der Waals surface area contributed by atoms with Gasteiger partial charge in [0.1, 0.15) is 0 Å². The highest BCUT2D eigenvalue weighted by Gasteiger charge is 2.11. The fraction of sp³-hybridized carbons (Fsp3) is 0.529. The van der Waals surface area contributed by atoms with E-state index in [4.69, 9.17) is 5.11 Å². The minimum atomic E-state index is -0.757. The first-order chi connectivity index (χ1) is 9.92. The van der Waals surface area contributed by atoms with Crippen molar-refractivity contribution in [2.45, 2.75) is 46.5 Å². The number of carbonyl (C=O) groups is 2. The van der Waals surface area contributed by atoms with Crippen LogP contribution in [0.5, 0.6) is 0 Å². The van der Waals surface area contributed by atoms with Gasteiger partial charge in [0.15, 0.2) is 0 Å². The molecule has 0 saturated heterocycles. The van der Waals surface area contributed by atoms with Gasteiger partial charge < -0.3 is 10.4 Å². The Balaban J connectivity index is 2.43. The van der Waals surface area contributed by atoms with Crippen molar-refractivity contribution in [3.05, 3.63) is 34.9 Å². The highest BCUT2D eigenvalue weighted by molar-refractivity contribution is 5.94. The average molecular weight is 291 g/mol. The van der Waals surface area contributed by atoms with Crippen LogP contribution in [0.2, 0.25) is 0 Å². The van der Waals surface area contributed by atoms with Crippen LogP contribution in [0, 0.1) is 19.8 Å². The normalized spacial score (nSPS) is 12.0. The summed E-state index contributed by atoms with van der Waals surface area (Å²) in [6.07, 6.45) is 2.63. The first-order valence-electron chi connectivity index (χ1n) is 7.50. The van der Waals surface area contributed by atoms with Crippen molar-refractivity contribution in [3.8, 4) is 0 Å². The molecule has 21 heavy (non-hydrogen) atoms. The fourth-order valence-corrected chi connectivity index (χ4v) is 2.48. The molecular formula is C17H25NO3. The monoisotopic (exact) mass is 291 g/mol. The molecule has 0 saturated carbocycles. The summed E-state index contributed by atoms with van der Waals surface area (Å²) in [5.41, 5.74) is 2.84. The molecule has 4 heteroatoms. The SMILES string of the molecule is CCC(CCNC(=O)c1cc(C)cc(C)c1)CCC(=O)O. The summed E-state index contributed by atoms with van der Waals surface area (Å²) in [5, 5.41) is 11.6. The summed E-state index contributed by atoms with van der Waals surface area (Å²) in [7, 11) is 0. The van der Waals surface area contributed by atoms with Crippen molar-refractivity contribution in [1.29, 1.82) is 0 Å². The maximum atomic E-state index is 12.1. The molecule has 0 aliphatic carbocycles. The summed E-state index contributed by atoms with van der Waals surface area (Å²) in [6.45, 7) is 6.59. The Morgan fingerprint density at radius 1 is 1.14 bits per heavy atom. The zero-order valence-electron chi connectivity index (χ0n) is 13.1. The summed E-state index contributed by atoms with van der Waals surface area (Å²) in [5.74, 6) is -0.469. The van der Waals surface area contributed by atoms with Gasteiger partial charge in [-0.1, -0.05) is 30.5 Å². The number of aryl methyl sites for hydroxylation is 2. The molecule has 0 bridgehead atoms. The number of hydrogen-bond donors (Lipinski definition) is 2.